The Labute approximate surface area is 152 Å². The van der Waals surface area contributed by atoms with E-state index in [4.69, 9.17) is 0 Å². The molecule has 8 heteroatoms. The van der Waals surface area contributed by atoms with E-state index in [0.29, 0.717) is 19.4 Å². The molecule has 0 unspecified atom stereocenters. The average molecular weight is 375 g/mol. The topological polar surface area (TPSA) is 105 Å². The van der Waals surface area contributed by atoms with Crippen LogP contribution in [-0.4, -0.2) is 31.8 Å². The Bertz CT molecular complexity index is 850. The van der Waals surface area contributed by atoms with E-state index in [1.54, 1.807) is 18.2 Å². The van der Waals surface area contributed by atoms with Crippen molar-refractivity contribution in [3.63, 3.8) is 0 Å². The van der Waals surface area contributed by atoms with E-state index in [0.717, 1.165) is 12.0 Å². The average Bonchev–Trinajstić information content (AvgIpc) is 2.63. The third-order valence-electron chi connectivity index (χ3n) is 3.60. The van der Waals surface area contributed by atoms with Gasteiger partial charge in [-0.05, 0) is 42.7 Å². The molecular weight excluding hydrogens is 354 g/mol. The van der Waals surface area contributed by atoms with Crippen molar-refractivity contribution >= 4 is 21.8 Å². The van der Waals surface area contributed by atoms with Crippen LogP contribution in [0.3, 0.4) is 0 Å². The number of carbonyl (C=O) groups is 2. The number of hydrogen-bond acceptors (Lipinski definition) is 5. The number of benzene rings is 1. The number of aromatic nitrogens is 1. The molecule has 0 fully saturated rings. The second-order valence-electron chi connectivity index (χ2n) is 5.67. The van der Waals surface area contributed by atoms with Gasteiger partial charge in [-0.25, -0.2) is 13.1 Å². The molecule has 0 aliphatic rings. The summed E-state index contributed by atoms with van der Waals surface area (Å²) in [6, 6.07) is 9.22. The van der Waals surface area contributed by atoms with E-state index < -0.39 is 15.9 Å². The molecular formula is C18H21N3O4S. The van der Waals surface area contributed by atoms with Crippen LogP contribution in [-0.2, 0) is 21.2 Å². The maximum absolute atomic E-state index is 12.3. The van der Waals surface area contributed by atoms with Gasteiger partial charge < -0.3 is 5.32 Å². The van der Waals surface area contributed by atoms with Gasteiger partial charge in [0.05, 0.1) is 10.5 Å². The first-order valence-corrected chi connectivity index (χ1v) is 9.73. The first-order chi connectivity index (χ1) is 12.4. The molecule has 1 aromatic heterocycles. The van der Waals surface area contributed by atoms with Crippen molar-refractivity contribution in [2.24, 2.45) is 0 Å². The van der Waals surface area contributed by atoms with Gasteiger partial charge in [0.1, 0.15) is 0 Å². The van der Waals surface area contributed by atoms with E-state index in [1.165, 1.54) is 30.6 Å². The highest BCUT2D eigenvalue weighted by Gasteiger charge is 2.18. The number of nitrogens with zero attached hydrogens (tertiary/aromatic N) is 1. The largest absolute Gasteiger partial charge is 0.356 e. The molecule has 0 atom stereocenters. The zero-order chi connectivity index (χ0) is 19.0. The molecule has 0 aliphatic heterocycles. The summed E-state index contributed by atoms with van der Waals surface area (Å²) in [5.41, 5.74) is 1.05. The predicted octanol–water partition coefficient (Wildman–Crippen LogP) is 1.66. The highest BCUT2D eigenvalue weighted by molar-refractivity contribution is 7.90. The molecule has 2 aromatic rings. The molecule has 2 N–H and O–H groups in total. The number of sulfonamides is 1. The smallest absolute Gasteiger partial charge is 0.266 e. The minimum atomic E-state index is -3.96. The van der Waals surface area contributed by atoms with Crippen LogP contribution in [0.1, 0.15) is 35.7 Å². The maximum Gasteiger partial charge on any atom is 0.266 e. The van der Waals surface area contributed by atoms with Crippen molar-refractivity contribution in [3.05, 3.63) is 59.9 Å². The van der Waals surface area contributed by atoms with E-state index in [2.05, 4.69) is 10.3 Å². The summed E-state index contributed by atoms with van der Waals surface area (Å²) in [4.78, 5) is 27.2. The van der Waals surface area contributed by atoms with Gasteiger partial charge in [-0.2, -0.15) is 0 Å². The summed E-state index contributed by atoms with van der Waals surface area (Å²) in [5.74, 6) is -0.731. The van der Waals surface area contributed by atoms with E-state index >= 15 is 0 Å². The fourth-order valence-corrected chi connectivity index (χ4v) is 3.21. The van der Waals surface area contributed by atoms with Crippen LogP contribution in [0.4, 0.5) is 0 Å². The molecule has 0 saturated carbocycles. The molecule has 0 bridgehead atoms. The van der Waals surface area contributed by atoms with Gasteiger partial charge in [-0.1, -0.05) is 19.1 Å². The fourth-order valence-electron chi connectivity index (χ4n) is 2.23. The third-order valence-corrected chi connectivity index (χ3v) is 4.94. The van der Waals surface area contributed by atoms with E-state index in [9.17, 15) is 18.0 Å². The Morgan fingerprint density at radius 2 is 1.85 bits per heavy atom. The third kappa shape index (κ3) is 5.66. The van der Waals surface area contributed by atoms with E-state index in [1.807, 2.05) is 11.6 Å². The first-order valence-electron chi connectivity index (χ1n) is 8.25. The molecule has 0 spiro atoms. The Kier molecular flexibility index (Phi) is 6.85. The molecule has 0 aliphatic carbocycles. The predicted molar refractivity (Wildman–Crippen MR) is 97.0 cm³/mol. The van der Waals surface area contributed by atoms with Crippen LogP contribution in [0.25, 0.3) is 0 Å². The number of pyridine rings is 1. The van der Waals surface area contributed by atoms with Crippen molar-refractivity contribution in [1.82, 2.24) is 15.0 Å². The molecule has 1 heterocycles. The van der Waals surface area contributed by atoms with Gasteiger partial charge in [0.15, 0.2) is 0 Å². The summed E-state index contributed by atoms with van der Waals surface area (Å²) in [5, 5.41) is 2.80. The lowest BCUT2D eigenvalue weighted by molar-refractivity contribution is -0.121. The minimum absolute atomic E-state index is 0.00446. The Morgan fingerprint density at radius 1 is 1.12 bits per heavy atom. The number of nitrogens with one attached hydrogen (secondary N) is 2. The van der Waals surface area contributed by atoms with Gasteiger partial charge in [-0.3, -0.25) is 14.6 Å². The highest BCUT2D eigenvalue weighted by Crippen LogP contribution is 2.11. The summed E-state index contributed by atoms with van der Waals surface area (Å²) < 4.78 is 26.6. The monoisotopic (exact) mass is 375 g/mol. The molecule has 7 nitrogen and oxygen atoms in total. The molecule has 26 heavy (non-hydrogen) atoms. The molecule has 2 rings (SSSR count). The van der Waals surface area contributed by atoms with Crippen LogP contribution < -0.4 is 10.0 Å². The Morgan fingerprint density at radius 3 is 2.46 bits per heavy atom. The van der Waals surface area contributed by atoms with Crippen LogP contribution in [0.15, 0.2) is 53.7 Å². The number of amides is 2. The quantitative estimate of drug-likeness (QED) is 0.730. The Hall–Kier alpha value is -2.74. The lowest BCUT2D eigenvalue weighted by Gasteiger charge is -2.08. The van der Waals surface area contributed by atoms with Gasteiger partial charge in [0.2, 0.25) is 5.91 Å². The zero-order valence-electron chi connectivity index (χ0n) is 14.4. The fraction of sp³-hybridized carbons (Fsp3) is 0.278. The van der Waals surface area contributed by atoms with Crippen molar-refractivity contribution in [2.45, 2.75) is 31.1 Å². The molecule has 138 valence electrons. The SMILES string of the molecule is CCCC(=O)NCCc1ccc(S(=O)(=O)NC(=O)c2cccnc2)cc1. The minimum Gasteiger partial charge on any atom is -0.356 e. The van der Waals surface area contributed by atoms with Gasteiger partial charge in [-0.15, -0.1) is 0 Å². The van der Waals surface area contributed by atoms with E-state index in [-0.39, 0.29) is 16.4 Å². The summed E-state index contributed by atoms with van der Waals surface area (Å²) in [7, 11) is -3.96. The zero-order valence-corrected chi connectivity index (χ0v) is 15.3. The van der Waals surface area contributed by atoms with Gasteiger partial charge in [0.25, 0.3) is 15.9 Å². The lowest BCUT2D eigenvalue weighted by atomic mass is 10.1. The molecule has 0 saturated heterocycles. The second-order valence-corrected chi connectivity index (χ2v) is 7.35. The van der Waals surface area contributed by atoms with Crippen LogP contribution in [0.2, 0.25) is 0 Å². The van der Waals surface area contributed by atoms with Crippen molar-refractivity contribution in [3.8, 4) is 0 Å². The molecule has 0 radical (unpaired) electrons. The van der Waals surface area contributed by atoms with Crippen LogP contribution in [0, 0.1) is 0 Å². The van der Waals surface area contributed by atoms with Crippen molar-refractivity contribution in [2.75, 3.05) is 6.54 Å². The van der Waals surface area contributed by atoms with Crippen LogP contribution >= 0.6 is 0 Å². The molecule has 1 aromatic carbocycles. The van der Waals surface area contributed by atoms with Gasteiger partial charge >= 0.3 is 0 Å². The first kappa shape index (κ1) is 19.6. The maximum atomic E-state index is 12.3. The highest BCUT2D eigenvalue weighted by atomic mass is 32.2. The summed E-state index contributed by atoms with van der Waals surface area (Å²) >= 11 is 0. The standard InChI is InChI=1S/C18H21N3O4S/c1-2-4-17(22)20-12-10-14-6-8-16(9-7-14)26(24,25)21-18(23)15-5-3-11-19-13-15/h3,5-9,11,13H,2,4,10,12H2,1H3,(H,20,22)(H,21,23). The molecule has 2 amide bonds. The van der Waals surface area contributed by atoms with Gasteiger partial charge in [0, 0.05) is 25.4 Å². The Balaban J connectivity index is 1.96. The van der Waals surface area contributed by atoms with Crippen molar-refractivity contribution in [1.29, 1.82) is 0 Å². The van der Waals surface area contributed by atoms with Crippen LogP contribution in [0.5, 0.6) is 0 Å². The summed E-state index contributed by atoms with van der Waals surface area (Å²) in [6.07, 6.45) is 4.67. The normalized spacial score (nSPS) is 11.0. The number of hydrogen-bond donors (Lipinski definition) is 2. The summed E-state index contributed by atoms with van der Waals surface area (Å²) in [6.45, 7) is 2.43. The number of carbonyl (C=O) groups excluding carboxylic acids is 2. The second kappa shape index (κ2) is 9.10. The van der Waals surface area contributed by atoms with Crippen molar-refractivity contribution < 1.29 is 18.0 Å². The number of rotatable bonds is 8. The lowest BCUT2D eigenvalue weighted by Crippen LogP contribution is -2.30.